The third kappa shape index (κ3) is 3.21. The molecule has 3 N–H and O–H groups in total. The molecule has 6 rings (SSSR count). The van der Waals surface area contributed by atoms with Crippen molar-refractivity contribution in [2.24, 2.45) is 0 Å². The van der Waals surface area contributed by atoms with Crippen LogP contribution in [-0.4, -0.2) is 46.2 Å². The minimum absolute atomic E-state index is 0.119. The molecule has 2 aromatic heterocycles. The van der Waals surface area contributed by atoms with Crippen LogP contribution in [0.15, 0.2) is 40.9 Å². The quantitative estimate of drug-likeness (QED) is 0.498. The zero-order valence-corrected chi connectivity index (χ0v) is 18.3. The number of imide groups is 1. The van der Waals surface area contributed by atoms with Gasteiger partial charge in [-0.2, -0.15) is 0 Å². The van der Waals surface area contributed by atoms with E-state index in [0.29, 0.717) is 28.8 Å². The number of rotatable bonds is 5. The summed E-state index contributed by atoms with van der Waals surface area (Å²) in [7, 11) is 0. The van der Waals surface area contributed by atoms with Crippen LogP contribution in [0.1, 0.15) is 50.4 Å². The van der Waals surface area contributed by atoms with E-state index in [-0.39, 0.29) is 30.2 Å². The molecule has 34 heavy (non-hydrogen) atoms. The first-order chi connectivity index (χ1) is 16.3. The van der Waals surface area contributed by atoms with E-state index in [0.717, 1.165) is 24.0 Å². The molecule has 0 spiro atoms. The SMILES string of the molecule is Cc1ccc2c(c1)C(=O)N(CC1(c3cc4ncc(C(=O)NC5CC5)cc4o3)NC(=O)NC1=O)C2. The molecule has 0 radical (unpaired) electrons. The summed E-state index contributed by atoms with van der Waals surface area (Å²) in [6, 6.07) is 8.27. The van der Waals surface area contributed by atoms with Crippen molar-refractivity contribution in [1.29, 1.82) is 0 Å². The van der Waals surface area contributed by atoms with Crippen LogP contribution in [0.4, 0.5) is 4.79 Å². The lowest BCUT2D eigenvalue weighted by Gasteiger charge is -2.28. The second kappa shape index (κ2) is 7.14. The molecule has 4 heterocycles. The number of aryl methyl sites for hydroxylation is 1. The molecule has 1 saturated carbocycles. The molecule has 0 bridgehead atoms. The first-order valence-electron chi connectivity index (χ1n) is 11.1. The third-order valence-corrected chi connectivity index (χ3v) is 6.48. The maximum absolute atomic E-state index is 13.1. The number of amides is 5. The van der Waals surface area contributed by atoms with E-state index in [4.69, 9.17) is 4.42 Å². The Hall–Kier alpha value is -4.21. The molecule has 1 saturated heterocycles. The molecular weight excluding hydrogens is 438 g/mol. The number of nitrogens with one attached hydrogen (secondary N) is 3. The number of fused-ring (bicyclic) bond motifs is 2. The molecule has 1 atom stereocenters. The van der Waals surface area contributed by atoms with Gasteiger partial charge in [0.05, 0.1) is 12.1 Å². The number of hydrogen-bond acceptors (Lipinski definition) is 6. The fourth-order valence-electron chi connectivity index (χ4n) is 4.49. The van der Waals surface area contributed by atoms with Crippen LogP contribution in [0.3, 0.4) is 0 Å². The Labute approximate surface area is 193 Å². The van der Waals surface area contributed by atoms with Gasteiger partial charge in [0.1, 0.15) is 11.3 Å². The van der Waals surface area contributed by atoms with Crippen molar-refractivity contribution >= 4 is 34.9 Å². The van der Waals surface area contributed by atoms with E-state index in [2.05, 4.69) is 20.9 Å². The Morgan fingerprint density at radius 2 is 2.06 bits per heavy atom. The zero-order valence-electron chi connectivity index (χ0n) is 18.3. The Balaban J connectivity index is 1.35. The summed E-state index contributed by atoms with van der Waals surface area (Å²) in [5.74, 6) is -0.950. The lowest BCUT2D eigenvalue weighted by molar-refractivity contribution is -0.125. The van der Waals surface area contributed by atoms with Crippen LogP contribution >= 0.6 is 0 Å². The van der Waals surface area contributed by atoms with Crippen LogP contribution in [0.2, 0.25) is 0 Å². The highest BCUT2D eigenvalue weighted by Gasteiger charge is 2.53. The molecule has 10 heteroatoms. The summed E-state index contributed by atoms with van der Waals surface area (Å²) < 4.78 is 5.97. The predicted octanol–water partition coefficient (Wildman–Crippen LogP) is 1.72. The molecule has 3 aliphatic rings. The van der Waals surface area contributed by atoms with Gasteiger partial charge in [0, 0.05) is 30.4 Å². The highest BCUT2D eigenvalue weighted by Crippen LogP contribution is 2.34. The number of carbonyl (C=O) groups is 4. The first-order valence-corrected chi connectivity index (χ1v) is 11.1. The molecule has 2 fully saturated rings. The van der Waals surface area contributed by atoms with Gasteiger partial charge in [0.15, 0.2) is 11.1 Å². The minimum Gasteiger partial charge on any atom is -0.456 e. The van der Waals surface area contributed by atoms with Gasteiger partial charge >= 0.3 is 6.03 Å². The molecule has 1 aliphatic carbocycles. The van der Waals surface area contributed by atoms with E-state index in [9.17, 15) is 19.2 Å². The van der Waals surface area contributed by atoms with Gasteiger partial charge in [-0.3, -0.25) is 24.7 Å². The number of furan rings is 1. The number of hydrogen-bond donors (Lipinski definition) is 3. The molecule has 10 nitrogen and oxygen atoms in total. The highest BCUT2D eigenvalue weighted by molar-refractivity contribution is 6.08. The lowest BCUT2D eigenvalue weighted by Crippen LogP contribution is -2.52. The largest absolute Gasteiger partial charge is 0.456 e. The van der Waals surface area contributed by atoms with Crippen LogP contribution in [0.25, 0.3) is 11.1 Å². The van der Waals surface area contributed by atoms with Gasteiger partial charge in [-0.05, 0) is 37.5 Å². The summed E-state index contributed by atoms with van der Waals surface area (Å²) in [6.45, 7) is 2.10. The molecule has 2 aliphatic heterocycles. The maximum atomic E-state index is 13.1. The number of pyridine rings is 1. The monoisotopic (exact) mass is 459 g/mol. The fraction of sp³-hybridized carbons (Fsp3) is 0.292. The first kappa shape index (κ1) is 20.4. The summed E-state index contributed by atoms with van der Waals surface area (Å²) in [5.41, 5.74) is 1.85. The Bertz CT molecular complexity index is 1410. The number of aromatic nitrogens is 1. The van der Waals surface area contributed by atoms with Crippen molar-refractivity contribution < 1.29 is 23.6 Å². The zero-order chi connectivity index (χ0) is 23.6. The fourth-order valence-corrected chi connectivity index (χ4v) is 4.49. The van der Waals surface area contributed by atoms with E-state index in [1.54, 1.807) is 12.1 Å². The third-order valence-electron chi connectivity index (χ3n) is 6.48. The molecule has 1 unspecified atom stereocenters. The van der Waals surface area contributed by atoms with E-state index in [1.807, 2.05) is 25.1 Å². The minimum atomic E-state index is -1.62. The summed E-state index contributed by atoms with van der Waals surface area (Å²) >= 11 is 0. The maximum Gasteiger partial charge on any atom is 0.322 e. The topological polar surface area (TPSA) is 134 Å². The molecule has 172 valence electrons. The van der Waals surface area contributed by atoms with Crippen molar-refractivity contribution in [2.75, 3.05) is 6.54 Å². The van der Waals surface area contributed by atoms with E-state index >= 15 is 0 Å². The van der Waals surface area contributed by atoms with Crippen LogP contribution in [0.5, 0.6) is 0 Å². The average Bonchev–Trinajstić information content (AvgIpc) is 3.31. The average molecular weight is 459 g/mol. The Kier molecular flexibility index (Phi) is 4.29. The van der Waals surface area contributed by atoms with E-state index in [1.165, 1.54) is 11.1 Å². The second-order valence-corrected chi connectivity index (χ2v) is 9.10. The van der Waals surface area contributed by atoms with Crippen molar-refractivity contribution in [1.82, 2.24) is 25.8 Å². The van der Waals surface area contributed by atoms with Gasteiger partial charge in [0.2, 0.25) is 0 Å². The molecule has 1 aromatic carbocycles. The van der Waals surface area contributed by atoms with Crippen molar-refractivity contribution in [3.8, 4) is 0 Å². The van der Waals surface area contributed by atoms with Crippen LogP contribution in [-0.2, 0) is 16.9 Å². The summed E-state index contributed by atoms with van der Waals surface area (Å²) in [6.07, 6.45) is 3.37. The predicted molar refractivity (Wildman–Crippen MR) is 119 cm³/mol. The van der Waals surface area contributed by atoms with E-state index < -0.39 is 17.5 Å². The number of carbonyl (C=O) groups excluding carboxylic acids is 4. The summed E-state index contributed by atoms with van der Waals surface area (Å²) in [4.78, 5) is 56.5. The van der Waals surface area contributed by atoms with Crippen molar-refractivity contribution in [2.45, 2.75) is 37.9 Å². The lowest BCUT2D eigenvalue weighted by atomic mass is 9.95. The van der Waals surface area contributed by atoms with Gasteiger partial charge in [-0.1, -0.05) is 17.7 Å². The standard InChI is InChI=1S/C24H21N5O5/c1-12-2-3-13-10-29(21(31)16(13)6-12)11-24(22(32)27-23(33)28-24)19-8-17-18(34-19)7-14(9-25-17)20(30)26-15-4-5-15/h2-3,6-9,15H,4-5,10-11H2,1H3,(H,26,30)(H2,27,28,32,33). The van der Waals surface area contributed by atoms with Gasteiger partial charge < -0.3 is 20.0 Å². The molecular formula is C24H21N5O5. The van der Waals surface area contributed by atoms with Crippen LogP contribution in [0, 0.1) is 6.92 Å². The number of urea groups is 1. The smallest absolute Gasteiger partial charge is 0.322 e. The number of nitrogens with zero attached hydrogens (tertiary/aromatic N) is 2. The Morgan fingerprint density at radius 1 is 1.24 bits per heavy atom. The van der Waals surface area contributed by atoms with Crippen molar-refractivity contribution in [3.63, 3.8) is 0 Å². The normalized spacial score (nSPS) is 21.6. The second-order valence-electron chi connectivity index (χ2n) is 9.10. The van der Waals surface area contributed by atoms with Crippen molar-refractivity contribution in [3.05, 3.63) is 64.5 Å². The molecule has 5 amide bonds. The summed E-state index contributed by atoms with van der Waals surface area (Å²) in [5, 5.41) is 7.81. The highest BCUT2D eigenvalue weighted by atomic mass is 16.3. The van der Waals surface area contributed by atoms with Gasteiger partial charge in [-0.15, -0.1) is 0 Å². The number of benzene rings is 1. The van der Waals surface area contributed by atoms with Gasteiger partial charge in [-0.25, -0.2) is 4.79 Å². The molecule has 3 aromatic rings. The van der Waals surface area contributed by atoms with Crippen LogP contribution < -0.4 is 16.0 Å². The Morgan fingerprint density at radius 3 is 2.79 bits per heavy atom. The van der Waals surface area contributed by atoms with Gasteiger partial charge in [0.25, 0.3) is 17.7 Å².